The van der Waals surface area contributed by atoms with Crippen molar-refractivity contribution in [2.75, 3.05) is 21.3 Å². The average Bonchev–Trinajstić information content (AvgIpc) is 3.04. The number of hydrogen-bond acceptors (Lipinski definition) is 6. The number of H-pyrrole nitrogens is 1. The van der Waals surface area contributed by atoms with E-state index in [0.29, 0.717) is 5.56 Å². The second kappa shape index (κ2) is 8.33. The Morgan fingerprint density at radius 2 is 1.82 bits per heavy atom. The van der Waals surface area contributed by atoms with Crippen LogP contribution < -0.4 is 0 Å². The first-order chi connectivity index (χ1) is 13.1. The minimum atomic E-state index is -0.862. The molecule has 1 atom stereocenters. The van der Waals surface area contributed by atoms with E-state index in [9.17, 15) is 14.4 Å². The second-order valence-electron chi connectivity index (χ2n) is 7.40. The largest absolute Gasteiger partial charge is 0.467 e. The maximum absolute atomic E-state index is 12.4. The summed E-state index contributed by atoms with van der Waals surface area (Å²) in [5.74, 6) is -0.982. The predicted molar refractivity (Wildman–Crippen MR) is 103 cm³/mol. The lowest BCUT2D eigenvalue weighted by Crippen LogP contribution is -2.46. The first kappa shape index (κ1) is 21.3. The highest BCUT2D eigenvalue weighted by Crippen LogP contribution is 2.23. The topological polar surface area (TPSA) is 97.9 Å². The van der Waals surface area contributed by atoms with Crippen LogP contribution in [0.25, 0.3) is 10.9 Å². The number of fused-ring (bicyclic) bond motifs is 1. The molecule has 0 radical (unpaired) electrons. The van der Waals surface area contributed by atoms with Gasteiger partial charge in [-0.05, 0) is 38.5 Å². The third-order valence-electron chi connectivity index (χ3n) is 4.22. The highest BCUT2D eigenvalue weighted by Gasteiger charge is 2.31. The summed E-state index contributed by atoms with van der Waals surface area (Å²) in [6, 6.07) is 4.24. The second-order valence-corrected chi connectivity index (χ2v) is 7.40. The molecule has 1 aromatic heterocycles. The first-order valence-corrected chi connectivity index (χ1v) is 8.79. The van der Waals surface area contributed by atoms with Gasteiger partial charge in [0.1, 0.15) is 11.6 Å². The number of hydrogen-bond donors (Lipinski definition) is 1. The first-order valence-electron chi connectivity index (χ1n) is 8.79. The molecule has 0 aliphatic carbocycles. The summed E-state index contributed by atoms with van der Waals surface area (Å²) in [5, 5.41) is 0.833. The van der Waals surface area contributed by atoms with Crippen molar-refractivity contribution in [1.29, 1.82) is 0 Å². The fraction of sp³-hybridized carbons (Fsp3) is 0.450. The summed E-state index contributed by atoms with van der Waals surface area (Å²) in [7, 11) is 4.09. The number of rotatable bonds is 5. The van der Waals surface area contributed by atoms with Crippen LogP contribution in [0.15, 0.2) is 24.4 Å². The van der Waals surface area contributed by atoms with Gasteiger partial charge < -0.3 is 19.2 Å². The standard InChI is InChI=1S/C20H26N2O6/c1-20(2,3)28-19(25)22(4)16(18(24)27-6)10-13-11-21-15-9-12(17(23)26-5)7-8-14(13)15/h7-9,11,16,21H,10H2,1-6H3/t16-/m1/s1. The molecule has 1 heterocycles. The summed E-state index contributed by atoms with van der Waals surface area (Å²) in [4.78, 5) is 40.7. The van der Waals surface area contributed by atoms with E-state index >= 15 is 0 Å². The molecule has 8 nitrogen and oxygen atoms in total. The molecule has 1 aromatic carbocycles. The number of amides is 1. The number of ether oxygens (including phenoxy) is 3. The number of carbonyl (C=O) groups excluding carboxylic acids is 3. The van der Waals surface area contributed by atoms with Crippen molar-refractivity contribution in [2.45, 2.75) is 38.8 Å². The molecule has 0 aliphatic rings. The molecule has 28 heavy (non-hydrogen) atoms. The minimum Gasteiger partial charge on any atom is -0.467 e. The van der Waals surface area contributed by atoms with Crippen molar-refractivity contribution in [1.82, 2.24) is 9.88 Å². The van der Waals surface area contributed by atoms with E-state index in [1.807, 2.05) is 0 Å². The molecule has 2 rings (SSSR count). The van der Waals surface area contributed by atoms with Crippen LogP contribution in [-0.4, -0.2) is 60.8 Å². The number of benzene rings is 1. The minimum absolute atomic E-state index is 0.222. The number of methoxy groups -OCH3 is 2. The Kier molecular flexibility index (Phi) is 6.33. The number of esters is 2. The quantitative estimate of drug-likeness (QED) is 0.623. The van der Waals surface area contributed by atoms with E-state index in [1.165, 1.54) is 26.2 Å². The van der Waals surface area contributed by atoms with E-state index in [0.717, 1.165) is 16.5 Å². The maximum atomic E-state index is 12.4. The van der Waals surface area contributed by atoms with Crippen LogP contribution in [0.4, 0.5) is 4.79 Å². The van der Waals surface area contributed by atoms with E-state index in [2.05, 4.69) is 4.98 Å². The zero-order valence-electron chi connectivity index (χ0n) is 17.0. The summed E-state index contributed by atoms with van der Waals surface area (Å²) < 4.78 is 15.0. The zero-order valence-corrected chi connectivity index (χ0v) is 17.0. The van der Waals surface area contributed by atoms with Crippen LogP contribution in [0.5, 0.6) is 0 Å². The fourth-order valence-corrected chi connectivity index (χ4v) is 2.78. The predicted octanol–water partition coefficient (Wildman–Crippen LogP) is 2.91. The number of nitrogens with zero attached hydrogens (tertiary/aromatic N) is 1. The van der Waals surface area contributed by atoms with Crippen LogP contribution in [0, 0.1) is 0 Å². The SMILES string of the molecule is COC(=O)c1ccc2c(C[C@H](C(=O)OC)N(C)C(=O)OC(C)(C)C)c[nH]c2c1. The normalized spacial score (nSPS) is 12.4. The van der Waals surface area contributed by atoms with Gasteiger partial charge in [-0.25, -0.2) is 14.4 Å². The van der Waals surface area contributed by atoms with Crippen LogP contribution in [0.1, 0.15) is 36.7 Å². The van der Waals surface area contributed by atoms with Gasteiger partial charge in [0.2, 0.25) is 0 Å². The fourth-order valence-electron chi connectivity index (χ4n) is 2.78. The van der Waals surface area contributed by atoms with Gasteiger partial charge in [0.15, 0.2) is 0 Å². The molecule has 0 unspecified atom stereocenters. The number of aromatic nitrogens is 1. The van der Waals surface area contributed by atoms with E-state index in [4.69, 9.17) is 14.2 Å². The van der Waals surface area contributed by atoms with Gasteiger partial charge in [-0.15, -0.1) is 0 Å². The van der Waals surface area contributed by atoms with E-state index in [-0.39, 0.29) is 6.42 Å². The van der Waals surface area contributed by atoms with Crippen LogP contribution in [0.2, 0.25) is 0 Å². The van der Waals surface area contributed by atoms with Crippen LogP contribution >= 0.6 is 0 Å². The molecule has 0 fully saturated rings. The molecule has 152 valence electrons. The maximum Gasteiger partial charge on any atom is 0.410 e. The Balaban J connectivity index is 2.31. The van der Waals surface area contributed by atoms with Gasteiger partial charge in [-0.2, -0.15) is 0 Å². The van der Waals surface area contributed by atoms with Gasteiger partial charge >= 0.3 is 18.0 Å². The Hall–Kier alpha value is -3.03. The van der Waals surface area contributed by atoms with Gasteiger partial charge in [-0.3, -0.25) is 4.90 Å². The van der Waals surface area contributed by atoms with Gasteiger partial charge in [0, 0.05) is 30.6 Å². The van der Waals surface area contributed by atoms with Crippen LogP contribution in [0.3, 0.4) is 0 Å². The third kappa shape index (κ3) is 4.82. The molecular weight excluding hydrogens is 364 g/mol. The smallest absolute Gasteiger partial charge is 0.410 e. The highest BCUT2D eigenvalue weighted by molar-refractivity contribution is 5.95. The zero-order chi connectivity index (χ0) is 21.1. The summed E-state index contributed by atoms with van der Waals surface area (Å²) in [6.07, 6.45) is 1.35. The number of carbonyl (C=O) groups is 3. The molecular formula is C20H26N2O6. The Bertz CT molecular complexity index is 880. The van der Waals surface area contributed by atoms with Crippen molar-refractivity contribution in [3.8, 4) is 0 Å². The highest BCUT2D eigenvalue weighted by atomic mass is 16.6. The van der Waals surface area contributed by atoms with Gasteiger partial charge in [0.25, 0.3) is 0 Å². The van der Waals surface area contributed by atoms with Gasteiger partial charge in [-0.1, -0.05) is 6.07 Å². The molecule has 8 heteroatoms. The number of aromatic amines is 1. The summed E-state index contributed by atoms with van der Waals surface area (Å²) >= 11 is 0. The monoisotopic (exact) mass is 390 g/mol. The Morgan fingerprint density at radius 3 is 2.39 bits per heavy atom. The number of nitrogens with one attached hydrogen (secondary N) is 1. The van der Waals surface area contributed by atoms with Crippen molar-refractivity contribution in [2.24, 2.45) is 0 Å². The summed E-state index contributed by atoms with van der Waals surface area (Å²) in [5.41, 5.74) is 1.26. The molecule has 0 spiro atoms. The lowest BCUT2D eigenvalue weighted by atomic mass is 10.0. The van der Waals surface area contributed by atoms with E-state index < -0.39 is 29.7 Å². The molecule has 0 saturated carbocycles. The Labute approximate surface area is 163 Å². The number of likely N-dealkylation sites (N-methyl/N-ethyl adjacent to an activating group) is 1. The lowest BCUT2D eigenvalue weighted by Gasteiger charge is -2.29. The lowest BCUT2D eigenvalue weighted by molar-refractivity contribution is -0.146. The van der Waals surface area contributed by atoms with Crippen molar-refractivity contribution in [3.63, 3.8) is 0 Å². The van der Waals surface area contributed by atoms with Crippen molar-refractivity contribution < 1.29 is 28.6 Å². The van der Waals surface area contributed by atoms with Crippen molar-refractivity contribution in [3.05, 3.63) is 35.5 Å². The van der Waals surface area contributed by atoms with Crippen molar-refractivity contribution >= 4 is 28.9 Å². The Morgan fingerprint density at radius 1 is 1.14 bits per heavy atom. The van der Waals surface area contributed by atoms with E-state index in [1.54, 1.807) is 45.2 Å². The third-order valence-corrected chi connectivity index (χ3v) is 4.22. The van der Waals surface area contributed by atoms with Gasteiger partial charge in [0.05, 0.1) is 19.8 Å². The van der Waals surface area contributed by atoms with Crippen LogP contribution in [-0.2, 0) is 25.4 Å². The molecule has 1 amide bonds. The molecule has 1 N–H and O–H groups in total. The molecule has 0 bridgehead atoms. The average molecular weight is 390 g/mol. The molecule has 0 aliphatic heterocycles. The molecule has 2 aromatic rings. The summed E-state index contributed by atoms with van der Waals surface area (Å²) in [6.45, 7) is 5.26. The molecule has 0 saturated heterocycles.